The van der Waals surface area contributed by atoms with Crippen LogP contribution in [0.3, 0.4) is 0 Å². The van der Waals surface area contributed by atoms with Crippen molar-refractivity contribution in [3.63, 3.8) is 0 Å². The Morgan fingerprint density at radius 1 is 1.15 bits per heavy atom. The molecule has 0 saturated heterocycles. The molecule has 2 aromatic carbocycles. The highest BCUT2D eigenvalue weighted by Gasteiger charge is 2.06. The summed E-state index contributed by atoms with van der Waals surface area (Å²) in [6, 6.07) is 14.8. The van der Waals surface area contributed by atoms with Crippen molar-refractivity contribution in [1.29, 1.82) is 0 Å². The Labute approximate surface area is 150 Å². The van der Waals surface area contributed by atoms with Crippen LogP contribution in [-0.2, 0) is 14.6 Å². The van der Waals surface area contributed by atoms with E-state index in [9.17, 15) is 8.42 Å². The number of para-hydroxylation sites is 2. The first-order chi connectivity index (χ1) is 12.4. The highest BCUT2D eigenvalue weighted by molar-refractivity contribution is 7.80. The number of nitrogens with zero attached hydrogens (tertiary/aromatic N) is 4. The van der Waals surface area contributed by atoms with Crippen LogP contribution in [0.1, 0.15) is 0 Å². The van der Waals surface area contributed by atoms with Crippen LogP contribution in [0.5, 0.6) is 0 Å². The number of imidazole rings is 1. The molecule has 0 aliphatic rings. The normalized spacial score (nSPS) is 12.1. The van der Waals surface area contributed by atoms with E-state index in [1.165, 1.54) is 0 Å². The Hall–Kier alpha value is -2.82. The average molecular weight is 375 g/mol. The number of aromatic nitrogens is 2. The molecule has 9 nitrogen and oxygen atoms in total. The number of anilines is 1. The van der Waals surface area contributed by atoms with Crippen LogP contribution in [0.25, 0.3) is 11.0 Å². The van der Waals surface area contributed by atoms with Crippen molar-refractivity contribution < 1.29 is 17.2 Å². The fourth-order valence-electron chi connectivity index (χ4n) is 2.27. The van der Waals surface area contributed by atoms with Crippen LogP contribution < -0.4 is 4.90 Å². The molecule has 0 atom stereocenters. The zero-order valence-corrected chi connectivity index (χ0v) is 14.7. The van der Waals surface area contributed by atoms with Crippen molar-refractivity contribution in [2.24, 2.45) is 10.2 Å². The minimum atomic E-state index is -4.42. The third kappa shape index (κ3) is 4.85. The van der Waals surface area contributed by atoms with Gasteiger partial charge in [0.1, 0.15) is 0 Å². The SMILES string of the molecule is CN(CCOS(=O)(=O)O)c1ccc(N=Nc2nc3ccccc3[nH]2)cc1. The van der Waals surface area contributed by atoms with Crippen LogP contribution in [0.2, 0.25) is 0 Å². The molecule has 1 aromatic heterocycles. The molecule has 0 aliphatic carbocycles. The molecule has 0 amide bonds. The van der Waals surface area contributed by atoms with E-state index in [2.05, 4.69) is 24.4 Å². The maximum absolute atomic E-state index is 10.5. The van der Waals surface area contributed by atoms with Gasteiger partial charge in [-0.2, -0.15) is 8.42 Å². The maximum atomic E-state index is 10.5. The third-order valence-electron chi connectivity index (χ3n) is 3.59. The van der Waals surface area contributed by atoms with Crippen molar-refractivity contribution in [2.75, 3.05) is 25.1 Å². The van der Waals surface area contributed by atoms with E-state index in [4.69, 9.17) is 4.55 Å². The predicted molar refractivity (Wildman–Crippen MR) is 97.5 cm³/mol. The third-order valence-corrected chi connectivity index (χ3v) is 4.05. The molecule has 0 saturated carbocycles. The standard InChI is InChI=1S/C16H17N5O4S/c1-21(10-11-25-26(22,23)24)13-8-6-12(7-9-13)19-20-16-17-14-4-2-3-5-15(14)18-16/h2-9H,10-11H2,1H3,(H,17,18)(H,22,23,24). The van der Waals surface area contributed by atoms with Gasteiger partial charge in [0.2, 0.25) is 5.95 Å². The Morgan fingerprint density at radius 3 is 2.58 bits per heavy atom. The Bertz CT molecular complexity index is 982. The van der Waals surface area contributed by atoms with Crippen LogP contribution in [0, 0.1) is 0 Å². The Morgan fingerprint density at radius 2 is 1.88 bits per heavy atom. The lowest BCUT2D eigenvalue weighted by Gasteiger charge is -2.18. The molecular formula is C16H17N5O4S. The molecule has 0 aliphatic heterocycles. The number of benzene rings is 2. The molecule has 0 spiro atoms. The number of H-pyrrole nitrogens is 1. The molecule has 3 aromatic rings. The number of fused-ring (bicyclic) bond motifs is 1. The van der Waals surface area contributed by atoms with Gasteiger partial charge in [-0.15, -0.1) is 10.2 Å². The van der Waals surface area contributed by atoms with Gasteiger partial charge in [0, 0.05) is 19.3 Å². The lowest BCUT2D eigenvalue weighted by atomic mass is 10.2. The van der Waals surface area contributed by atoms with Crippen molar-refractivity contribution in [3.8, 4) is 0 Å². The molecule has 10 heteroatoms. The molecule has 0 bridgehead atoms. The van der Waals surface area contributed by atoms with Crippen LogP contribution in [-0.4, -0.2) is 43.1 Å². The summed E-state index contributed by atoms with van der Waals surface area (Å²) >= 11 is 0. The number of rotatable bonds is 7. The summed E-state index contributed by atoms with van der Waals surface area (Å²) in [6.45, 7) is 0.141. The summed E-state index contributed by atoms with van der Waals surface area (Å²) in [5, 5.41) is 8.24. The van der Waals surface area contributed by atoms with E-state index in [-0.39, 0.29) is 6.61 Å². The summed E-state index contributed by atoms with van der Waals surface area (Å²) in [5.74, 6) is 0.426. The van der Waals surface area contributed by atoms with Crippen LogP contribution >= 0.6 is 0 Å². The van der Waals surface area contributed by atoms with E-state index in [0.717, 1.165) is 16.7 Å². The molecule has 3 rings (SSSR count). The number of hydrogen-bond donors (Lipinski definition) is 2. The molecule has 136 valence electrons. The number of azo groups is 1. The highest BCUT2D eigenvalue weighted by Crippen LogP contribution is 2.22. The lowest BCUT2D eigenvalue weighted by Crippen LogP contribution is -2.23. The minimum Gasteiger partial charge on any atom is -0.372 e. The van der Waals surface area contributed by atoms with Crippen LogP contribution in [0.4, 0.5) is 17.3 Å². The zero-order chi connectivity index (χ0) is 18.6. The van der Waals surface area contributed by atoms with Gasteiger partial charge in [0.05, 0.1) is 23.3 Å². The first-order valence-corrected chi connectivity index (χ1v) is 9.07. The van der Waals surface area contributed by atoms with E-state index < -0.39 is 10.4 Å². The second-order valence-electron chi connectivity index (χ2n) is 5.47. The van der Waals surface area contributed by atoms with Gasteiger partial charge < -0.3 is 9.88 Å². The maximum Gasteiger partial charge on any atom is 0.397 e. The summed E-state index contributed by atoms with van der Waals surface area (Å²) in [6.07, 6.45) is 0. The molecule has 26 heavy (non-hydrogen) atoms. The summed E-state index contributed by atoms with van der Waals surface area (Å²) in [5.41, 5.74) is 3.21. The zero-order valence-electron chi connectivity index (χ0n) is 13.9. The molecule has 0 fully saturated rings. The monoisotopic (exact) mass is 375 g/mol. The van der Waals surface area contributed by atoms with Gasteiger partial charge in [-0.1, -0.05) is 12.1 Å². The van der Waals surface area contributed by atoms with E-state index in [1.54, 1.807) is 24.1 Å². The van der Waals surface area contributed by atoms with E-state index in [0.29, 0.717) is 18.2 Å². The predicted octanol–water partition coefficient (Wildman–Crippen LogP) is 3.23. The van der Waals surface area contributed by atoms with Crippen LogP contribution in [0.15, 0.2) is 58.8 Å². The fraction of sp³-hybridized carbons (Fsp3) is 0.188. The van der Waals surface area contributed by atoms with Crippen molar-refractivity contribution in [1.82, 2.24) is 9.97 Å². The number of likely N-dealkylation sites (N-methyl/N-ethyl adjacent to an activating group) is 1. The fourth-order valence-corrected chi connectivity index (χ4v) is 2.56. The van der Waals surface area contributed by atoms with E-state index >= 15 is 0 Å². The Balaban J connectivity index is 1.61. The van der Waals surface area contributed by atoms with Gasteiger partial charge in [-0.05, 0) is 36.4 Å². The minimum absolute atomic E-state index is 0.150. The van der Waals surface area contributed by atoms with E-state index in [1.807, 2.05) is 36.4 Å². The van der Waals surface area contributed by atoms with Crippen molar-refractivity contribution in [3.05, 3.63) is 48.5 Å². The second kappa shape index (κ2) is 7.60. The largest absolute Gasteiger partial charge is 0.397 e. The number of hydrogen-bond acceptors (Lipinski definition) is 7. The van der Waals surface area contributed by atoms with Gasteiger partial charge in [-0.3, -0.25) is 4.55 Å². The quantitative estimate of drug-likeness (QED) is 0.483. The van der Waals surface area contributed by atoms with Crippen molar-refractivity contribution >= 4 is 38.8 Å². The first-order valence-electron chi connectivity index (χ1n) is 7.70. The van der Waals surface area contributed by atoms with Gasteiger partial charge in [-0.25, -0.2) is 9.17 Å². The van der Waals surface area contributed by atoms with Crippen molar-refractivity contribution in [2.45, 2.75) is 0 Å². The lowest BCUT2D eigenvalue weighted by molar-refractivity contribution is 0.274. The average Bonchev–Trinajstić information content (AvgIpc) is 3.02. The summed E-state index contributed by atoms with van der Waals surface area (Å²) in [7, 11) is -2.64. The second-order valence-corrected chi connectivity index (χ2v) is 6.56. The highest BCUT2D eigenvalue weighted by atomic mass is 32.3. The smallest absolute Gasteiger partial charge is 0.372 e. The number of nitrogens with one attached hydrogen (secondary N) is 1. The molecule has 0 radical (unpaired) electrons. The molecule has 2 N–H and O–H groups in total. The topological polar surface area (TPSA) is 120 Å². The van der Waals surface area contributed by atoms with Gasteiger partial charge >= 0.3 is 10.4 Å². The molecule has 1 heterocycles. The van der Waals surface area contributed by atoms with Gasteiger partial charge in [0.25, 0.3) is 0 Å². The molecular weight excluding hydrogens is 358 g/mol. The Kier molecular flexibility index (Phi) is 5.26. The number of aromatic amines is 1. The molecule has 0 unspecified atom stereocenters. The summed E-state index contributed by atoms with van der Waals surface area (Å²) < 4.78 is 33.9. The van der Waals surface area contributed by atoms with Gasteiger partial charge in [0.15, 0.2) is 0 Å². The summed E-state index contributed by atoms with van der Waals surface area (Å²) in [4.78, 5) is 9.17. The first kappa shape index (κ1) is 18.0.